The first-order chi connectivity index (χ1) is 9.31. The van der Waals surface area contributed by atoms with Crippen LogP contribution < -0.4 is 15.4 Å². The van der Waals surface area contributed by atoms with E-state index in [2.05, 4.69) is 25.6 Å². The number of methoxy groups -OCH3 is 1. The van der Waals surface area contributed by atoms with Gasteiger partial charge in [-0.05, 0) is 12.5 Å². The summed E-state index contributed by atoms with van der Waals surface area (Å²) in [5, 5.41) is 6.37. The molecule has 0 aliphatic rings. The predicted molar refractivity (Wildman–Crippen MR) is 74.3 cm³/mol. The van der Waals surface area contributed by atoms with Crippen LogP contribution >= 0.6 is 0 Å². The Morgan fingerprint density at radius 1 is 1.11 bits per heavy atom. The number of ether oxygens (including phenoxy) is 1. The number of pyridine rings is 1. The molecule has 0 atom stereocenters. The fourth-order valence-electron chi connectivity index (χ4n) is 1.56. The maximum Gasteiger partial charge on any atom is 0.212 e. The van der Waals surface area contributed by atoms with Gasteiger partial charge >= 0.3 is 0 Å². The Morgan fingerprint density at radius 2 is 1.89 bits per heavy atom. The second-order valence-corrected chi connectivity index (χ2v) is 3.88. The van der Waals surface area contributed by atoms with E-state index in [1.54, 1.807) is 13.3 Å². The fraction of sp³-hybridized carbons (Fsp3) is 0.308. The van der Waals surface area contributed by atoms with Gasteiger partial charge in [0.05, 0.1) is 7.11 Å². The van der Waals surface area contributed by atoms with Gasteiger partial charge in [0.1, 0.15) is 18.0 Å². The van der Waals surface area contributed by atoms with Gasteiger partial charge in [-0.15, -0.1) is 0 Å². The minimum Gasteiger partial charge on any atom is -0.481 e. The van der Waals surface area contributed by atoms with Crippen LogP contribution in [0.1, 0.15) is 12.5 Å². The molecule has 0 amide bonds. The van der Waals surface area contributed by atoms with Gasteiger partial charge in [-0.1, -0.05) is 6.07 Å². The van der Waals surface area contributed by atoms with Crippen molar-refractivity contribution < 1.29 is 4.74 Å². The van der Waals surface area contributed by atoms with Gasteiger partial charge in [0, 0.05) is 31.4 Å². The highest BCUT2D eigenvalue weighted by Crippen LogP contribution is 2.11. The SMILES string of the molecule is CCNc1cc(NCc2ccc(OC)nc2)ncn1. The van der Waals surface area contributed by atoms with Gasteiger partial charge in [-0.2, -0.15) is 0 Å². The summed E-state index contributed by atoms with van der Waals surface area (Å²) in [5.74, 6) is 2.20. The number of nitrogens with zero attached hydrogens (tertiary/aromatic N) is 3. The normalized spacial score (nSPS) is 10.0. The maximum atomic E-state index is 5.01. The average molecular weight is 259 g/mol. The molecule has 0 spiro atoms. The fourth-order valence-corrected chi connectivity index (χ4v) is 1.56. The Labute approximate surface area is 112 Å². The smallest absolute Gasteiger partial charge is 0.212 e. The van der Waals surface area contributed by atoms with Gasteiger partial charge in [0.2, 0.25) is 5.88 Å². The van der Waals surface area contributed by atoms with Gasteiger partial charge < -0.3 is 15.4 Å². The molecule has 2 heterocycles. The molecule has 6 nitrogen and oxygen atoms in total. The van der Waals surface area contributed by atoms with Crippen molar-refractivity contribution in [2.24, 2.45) is 0 Å². The average Bonchev–Trinajstić information content (AvgIpc) is 2.46. The van der Waals surface area contributed by atoms with E-state index in [1.165, 1.54) is 6.33 Å². The third kappa shape index (κ3) is 3.80. The van der Waals surface area contributed by atoms with Crippen LogP contribution in [0.15, 0.2) is 30.7 Å². The first-order valence-corrected chi connectivity index (χ1v) is 6.10. The molecular weight excluding hydrogens is 242 g/mol. The molecule has 6 heteroatoms. The van der Waals surface area contributed by atoms with Gasteiger partial charge in [-0.3, -0.25) is 0 Å². The van der Waals surface area contributed by atoms with Crippen molar-refractivity contribution in [3.8, 4) is 5.88 Å². The largest absolute Gasteiger partial charge is 0.481 e. The summed E-state index contributed by atoms with van der Waals surface area (Å²) < 4.78 is 5.01. The summed E-state index contributed by atoms with van der Waals surface area (Å²) in [5.41, 5.74) is 1.06. The molecule has 19 heavy (non-hydrogen) atoms. The highest BCUT2D eigenvalue weighted by molar-refractivity contribution is 5.46. The van der Waals surface area contributed by atoms with E-state index in [-0.39, 0.29) is 0 Å². The van der Waals surface area contributed by atoms with Crippen molar-refractivity contribution in [1.29, 1.82) is 0 Å². The highest BCUT2D eigenvalue weighted by Gasteiger charge is 1.99. The lowest BCUT2D eigenvalue weighted by molar-refractivity contribution is 0.397. The van der Waals surface area contributed by atoms with Crippen molar-refractivity contribution in [2.45, 2.75) is 13.5 Å². The van der Waals surface area contributed by atoms with E-state index >= 15 is 0 Å². The van der Waals surface area contributed by atoms with Crippen molar-refractivity contribution in [3.05, 3.63) is 36.3 Å². The van der Waals surface area contributed by atoms with Crippen LogP contribution in [0.5, 0.6) is 5.88 Å². The molecule has 2 aromatic heterocycles. The van der Waals surface area contributed by atoms with Crippen molar-refractivity contribution in [3.63, 3.8) is 0 Å². The first-order valence-electron chi connectivity index (χ1n) is 6.10. The van der Waals surface area contributed by atoms with Gasteiger partial charge in [0.15, 0.2) is 0 Å². The topological polar surface area (TPSA) is 72.0 Å². The predicted octanol–water partition coefficient (Wildman–Crippen LogP) is 1.92. The molecule has 0 unspecified atom stereocenters. The Balaban J connectivity index is 1.95. The Morgan fingerprint density at radius 3 is 2.53 bits per heavy atom. The monoisotopic (exact) mass is 259 g/mol. The zero-order valence-corrected chi connectivity index (χ0v) is 11.1. The van der Waals surface area contributed by atoms with E-state index in [1.807, 2.05) is 25.1 Å². The van der Waals surface area contributed by atoms with Gasteiger partial charge in [-0.25, -0.2) is 15.0 Å². The van der Waals surface area contributed by atoms with Crippen LogP contribution in [-0.4, -0.2) is 28.6 Å². The van der Waals surface area contributed by atoms with Crippen LogP contribution in [0, 0.1) is 0 Å². The van der Waals surface area contributed by atoms with Crippen molar-refractivity contribution in [2.75, 3.05) is 24.3 Å². The minimum absolute atomic E-state index is 0.611. The molecule has 0 saturated heterocycles. The molecule has 2 aromatic rings. The van der Waals surface area contributed by atoms with E-state index in [0.717, 1.165) is 23.7 Å². The summed E-state index contributed by atoms with van der Waals surface area (Å²) in [6, 6.07) is 5.67. The number of anilines is 2. The molecule has 0 bridgehead atoms. The van der Waals surface area contributed by atoms with Crippen LogP contribution in [0.3, 0.4) is 0 Å². The second kappa shape index (κ2) is 6.53. The molecule has 100 valence electrons. The number of aromatic nitrogens is 3. The third-order valence-electron chi connectivity index (χ3n) is 2.51. The Hall–Kier alpha value is -2.37. The number of hydrogen-bond acceptors (Lipinski definition) is 6. The molecule has 0 saturated carbocycles. The molecule has 0 radical (unpaired) electrons. The summed E-state index contributed by atoms with van der Waals surface area (Å²) in [6.45, 7) is 3.51. The lowest BCUT2D eigenvalue weighted by Crippen LogP contribution is -2.05. The third-order valence-corrected chi connectivity index (χ3v) is 2.51. The van der Waals surface area contributed by atoms with Crippen LogP contribution in [0.4, 0.5) is 11.6 Å². The first kappa shape index (κ1) is 13.1. The lowest BCUT2D eigenvalue weighted by atomic mass is 10.3. The maximum absolute atomic E-state index is 5.01. The summed E-state index contributed by atoms with van der Waals surface area (Å²) in [4.78, 5) is 12.4. The van der Waals surface area contributed by atoms with Crippen molar-refractivity contribution in [1.82, 2.24) is 15.0 Å². The Kier molecular flexibility index (Phi) is 4.49. The minimum atomic E-state index is 0.611. The van der Waals surface area contributed by atoms with E-state index in [9.17, 15) is 0 Å². The quantitative estimate of drug-likeness (QED) is 0.826. The standard InChI is InChI=1S/C13H17N5O/c1-3-14-11-6-12(18-9-17-11)15-7-10-4-5-13(19-2)16-8-10/h4-6,8-9H,3,7H2,1-2H3,(H2,14,15,17,18). The molecule has 0 aliphatic carbocycles. The van der Waals surface area contributed by atoms with E-state index < -0.39 is 0 Å². The number of nitrogens with one attached hydrogen (secondary N) is 2. The summed E-state index contributed by atoms with van der Waals surface area (Å²) >= 11 is 0. The Bertz CT molecular complexity index is 515. The summed E-state index contributed by atoms with van der Waals surface area (Å²) in [6.07, 6.45) is 3.31. The zero-order chi connectivity index (χ0) is 13.5. The number of hydrogen-bond donors (Lipinski definition) is 2. The van der Waals surface area contributed by atoms with Crippen LogP contribution in [-0.2, 0) is 6.54 Å². The summed E-state index contributed by atoms with van der Waals surface area (Å²) in [7, 11) is 1.60. The molecule has 0 aromatic carbocycles. The van der Waals surface area contributed by atoms with E-state index in [0.29, 0.717) is 12.4 Å². The highest BCUT2D eigenvalue weighted by atomic mass is 16.5. The molecule has 0 fully saturated rings. The van der Waals surface area contributed by atoms with E-state index in [4.69, 9.17) is 4.74 Å². The number of rotatable bonds is 6. The molecular formula is C13H17N5O. The van der Waals surface area contributed by atoms with Crippen LogP contribution in [0.2, 0.25) is 0 Å². The van der Waals surface area contributed by atoms with Gasteiger partial charge in [0.25, 0.3) is 0 Å². The van der Waals surface area contributed by atoms with Crippen molar-refractivity contribution >= 4 is 11.6 Å². The molecule has 0 aliphatic heterocycles. The lowest BCUT2D eigenvalue weighted by Gasteiger charge is -2.07. The zero-order valence-electron chi connectivity index (χ0n) is 11.1. The molecule has 2 N–H and O–H groups in total. The van der Waals surface area contributed by atoms with Crippen LogP contribution in [0.25, 0.3) is 0 Å². The second-order valence-electron chi connectivity index (χ2n) is 3.88. The molecule has 2 rings (SSSR count).